The maximum absolute atomic E-state index is 13.0. The van der Waals surface area contributed by atoms with Crippen molar-refractivity contribution in [2.24, 2.45) is 0 Å². The lowest BCUT2D eigenvalue weighted by Gasteiger charge is -2.21. The van der Waals surface area contributed by atoms with Crippen molar-refractivity contribution in [1.82, 2.24) is 0 Å². The molecule has 0 aromatic heterocycles. The molecule has 0 spiro atoms. The SMILES string of the molecule is CC(C)SP(=O)(SC(C)C)c1ccccc1. The van der Waals surface area contributed by atoms with Gasteiger partial charge in [-0.3, -0.25) is 4.57 Å². The van der Waals surface area contributed by atoms with E-state index >= 15 is 0 Å². The van der Waals surface area contributed by atoms with Gasteiger partial charge in [0.1, 0.15) is 0 Å². The van der Waals surface area contributed by atoms with Gasteiger partial charge in [-0.1, -0.05) is 68.7 Å². The predicted octanol–water partition coefficient (Wildman–Crippen LogP) is 4.79. The van der Waals surface area contributed by atoms with Crippen LogP contribution in [0.4, 0.5) is 0 Å². The number of rotatable bonds is 5. The predicted molar refractivity (Wildman–Crippen MR) is 79.1 cm³/mol. The van der Waals surface area contributed by atoms with Crippen LogP contribution in [-0.2, 0) is 4.57 Å². The third kappa shape index (κ3) is 4.20. The van der Waals surface area contributed by atoms with Gasteiger partial charge in [0.25, 0.3) is 0 Å². The van der Waals surface area contributed by atoms with Gasteiger partial charge in [0.05, 0.1) is 0 Å². The van der Waals surface area contributed by atoms with Gasteiger partial charge < -0.3 is 0 Å². The van der Waals surface area contributed by atoms with Gasteiger partial charge in [0.2, 0.25) is 5.55 Å². The fraction of sp³-hybridized carbons (Fsp3) is 0.500. The molecule has 0 radical (unpaired) electrons. The average Bonchev–Trinajstić information content (AvgIpc) is 2.16. The number of hydrogen-bond acceptors (Lipinski definition) is 3. The molecule has 90 valence electrons. The van der Waals surface area contributed by atoms with E-state index in [0.717, 1.165) is 5.30 Å². The van der Waals surface area contributed by atoms with E-state index in [2.05, 4.69) is 27.7 Å². The van der Waals surface area contributed by atoms with E-state index in [9.17, 15) is 4.57 Å². The van der Waals surface area contributed by atoms with E-state index < -0.39 is 5.55 Å². The van der Waals surface area contributed by atoms with Crippen LogP contribution in [0.5, 0.6) is 0 Å². The fourth-order valence-electron chi connectivity index (χ4n) is 1.31. The average molecular weight is 274 g/mol. The van der Waals surface area contributed by atoms with Crippen molar-refractivity contribution < 1.29 is 4.57 Å². The van der Waals surface area contributed by atoms with Crippen molar-refractivity contribution in [3.05, 3.63) is 30.3 Å². The quantitative estimate of drug-likeness (QED) is 0.719. The molecule has 1 nitrogen and oxygen atoms in total. The maximum atomic E-state index is 13.0. The number of benzene rings is 1. The molecule has 1 aromatic carbocycles. The third-order valence-electron chi connectivity index (χ3n) is 1.77. The van der Waals surface area contributed by atoms with Crippen LogP contribution in [0, 0.1) is 0 Å². The molecule has 0 aliphatic rings. The van der Waals surface area contributed by atoms with Gasteiger partial charge in [0.15, 0.2) is 0 Å². The van der Waals surface area contributed by atoms with E-state index in [0.29, 0.717) is 10.5 Å². The molecule has 0 N–H and O–H groups in total. The molecule has 1 rings (SSSR count). The Kier molecular flexibility index (Phi) is 5.49. The lowest BCUT2D eigenvalue weighted by Crippen LogP contribution is -2.03. The fourth-order valence-corrected chi connectivity index (χ4v) is 11.7. The highest BCUT2D eigenvalue weighted by molar-refractivity contribution is 8.92. The molecule has 1 aromatic rings. The monoisotopic (exact) mass is 274 g/mol. The summed E-state index contributed by atoms with van der Waals surface area (Å²) < 4.78 is 13.0. The van der Waals surface area contributed by atoms with Gasteiger partial charge in [-0.05, 0) is 12.1 Å². The van der Waals surface area contributed by atoms with Crippen LogP contribution in [0.15, 0.2) is 30.3 Å². The van der Waals surface area contributed by atoms with Crippen molar-refractivity contribution in [1.29, 1.82) is 0 Å². The standard InChI is InChI=1S/C12H19OPS2/c1-10(2)15-14(13,16-11(3)4)12-8-6-5-7-9-12/h5-11H,1-4H3. The molecule has 0 aliphatic carbocycles. The molecule has 0 saturated carbocycles. The summed E-state index contributed by atoms with van der Waals surface area (Å²) in [5.41, 5.74) is -2.35. The van der Waals surface area contributed by atoms with Gasteiger partial charge in [-0.15, -0.1) is 0 Å². The summed E-state index contributed by atoms with van der Waals surface area (Å²) in [4.78, 5) is 0. The molecule has 0 fully saturated rings. The second-order valence-corrected chi connectivity index (χ2v) is 13.0. The molecular weight excluding hydrogens is 255 g/mol. The first kappa shape index (κ1) is 14.2. The molecule has 0 bridgehead atoms. The topological polar surface area (TPSA) is 17.1 Å². The Morgan fingerprint density at radius 1 is 0.938 bits per heavy atom. The van der Waals surface area contributed by atoms with E-state index in [1.807, 2.05) is 30.3 Å². The summed E-state index contributed by atoms with van der Waals surface area (Å²) in [7, 11) is 0. The lowest BCUT2D eigenvalue weighted by atomic mass is 10.4. The minimum Gasteiger partial charge on any atom is -0.295 e. The van der Waals surface area contributed by atoms with Crippen LogP contribution in [0.2, 0.25) is 0 Å². The molecule has 0 atom stereocenters. The molecule has 0 aliphatic heterocycles. The summed E-state index contributed by atoms with van der Waals surface area (Å²) in [6, 6.07) is 9.85. The molecule has 0 amide bonds. The Bertz CT molecular complexity index is 349. The minimum atomic E-state index is -2.35. The second-order valence-electron chi connectivity index (χ2n) is 4.14. The van der Waals surface area contributed by atoms with E-state index in [4.69, 9.17) is 0 Å². The Morgan fingerprint density at radius 3 is 1.75 bits per heavy atom. The van der Waals surface area contributed by atoms with E-state index in [1.165, 1.54) is 0 Å². The zero-order chi connectivity index (χ0) is 12.2. The van der Waals surface area contributed by atoms with Crippen LogP contribution >= 0.6 is 28.3 Å². The first-order valence-electron chi connectivity index (χ1n) is 5.46. The zero-order valence-corrected chi connectivity index (χ0v) is 12.7. The van der Waals surface area contributed by atoms with Crippen molar-refractivity contribution in [2.75, 3.05) is 0 Å². The molecular formula is C12H19OPS2. The lowest BCUT2D eigenvalue weighted by molar-refractivity contribution is 0.598. The van der Waals surface area contributed by atoms with Crippen LogP contribution in [0.25, 0.3) is 0 Å². The Morgan fingerprint density at radius 2 is 1.38 bits per heavy atom. The summed E-state index contributed by atoms with van der Waals surface area (Å²) in [5.74, 6) is 0. The van der Waals surface area contributed by atoms with Gasteiger partial charge in [-0.2, -0.15) is 0 Å². The molecule has 16 heavy (non-hydrogen) atoms. The van der Waals surface area contributed by atoms with Crippen molar-refractivity contribution in [2.45, 2.75) is 38.2 Å². The third-order valence-corrected chi connectivity index (χ3v) is 11.1. The maximum Gasteiger partial charge on any atom is 0.219 e. The van der Waals surface area contributed by atoms with E-state index in [1.54, 1.807) is 22.8 Å². The molecule has 0 unspecified atom stereocenters. The highest BCUT2D eigenvalue weighted by Gasteiger charge is 2.28. The molecule has 0 saturated heterocycles. The van der Waals surface area contributed by atoms with Crippen molar-refractivity contribution in [3.63, 3.8) is 0 Å². The van der Waals surface area contributed by atoms with Crippen LogP contribution in [0.1, 0.15) is 27.7 Å². The summed E-state index contributed by atoms with van der Waals surface area (Å²) in [6.07, 6.45) is 0. The smallest absolute Gasteiger partial charge is 0.219 e. The first-order chi connectivity index (χ1) is 7.44. The molecule has 0 heterocycles. The summed E-state index contributed by atoms with van der Waals surface area (Å²) >= 11 is 3.20. The van der Waals surface area contributed by atoms with Crippen molar-refractivity contribution in [3.8, 4) is 0 Å². The Hall–Kier alpha value is 0.150. The van der Waals surface area contributed by atoms with Crippen LogP contribution in [-0.4, -0.2) is 10.5 Å². The summed E-state index contributed by atoms with van der Waals surface area (Å²) in [6.45, 7) is 8.39. The van der Waals surface area contributed by atoms with Gasteiger partial charge >= 0.3 is 0 Å². The van der Waals surface area contributed by atoms with E-state index in [-0.39, 0.29) is 0 Å². The Balaban J connectivity index is 3.00. The zero-order valence-electron chi connectivity index (χ0n) is 10.2. The highest BCUT2D eigenvalue weighted by Crippen LogP contribution is 2.70. The molecule has 4 heteroatoms. The van der Waals surface area contributed by atoms with Crippen LogP contribution in [0.3, 0.4) is 0 Å². The van der Waals surface area contributed by atoms with Crippen LogP contribution < -0.4 is 5.30 Å². The Labute approximate surface area is 107 Å². The largest absolute Gasteiger partial charge is 0.295 e. The van der Waals surface area contributed by atoms with Gasteiger partial charge in [0, 0.05) is 15.8 Å². The number of hydrogen-bond donors (Lipinski definition) is 0. The minimum absolute atomic E-state index is 0.386. The second kappa shape index (κ2) is 6.18. The normalized spacial score (nSPS) is 12.4. The summed E-state index contributed by atoms with van der Waals surface area (Å²) in [5, 5.41) is 1.75. The van der Waals surface area contributed by atoms with Gasteiger partial charge in [-0.25, -0.2) is 0 Å². The highest BCUT2D eigenvalue weighted by atomic mass is 33.1. The van der Waals surface area contributed by atoms with Crippen molar-refractivity contribution >= 4 is 33.6 Å². The first-order valence-corrected chi connectivity index (χ1v) is 10.1.